The number of aromatic nitrogens is 1. The number of fused-ring (bicyclic) bond motifs is 4. The zero-order valence-corrected chi connectivity index (χ0v) is 36.3. The fourth-order valence-electron chi connectivity index (χ4n) is 9.77. The summed E-state index contributed by atoms with van der Waals surface area (Å²) >= 11 is 0. The molecule has 0 atom stereocenters. The first kappa shape index (κ1) is 38.9. The van der Waals surface area contributed by atoms with Gasteiger partial charge in [0.1, 0.15) is 0 Å². The van der Waals surface area contributed by atoms with Crippen molar-refractivity contribution in [2.75, 3.05) is 4.90 Å². The van der Waals surface area contributed by atoms with E-state index in [1.807, 2.05) is 0 Å². The maximum atomic E-state index is 2.43. The van der Waals surface area contributed by atoms with Gasteiger partial charge in [-0.05, 0) is 133 Å². The van der Waals surface area contributed by atoms with Crippen molar-refractivity contribution in [1.82, 2.24) is 4.57 Å². The second-order valence-corrected chi connectivity index (χ2v) is 16.9. The first-order chi connectivity index (χ1) is 32.7. The number of nitrogens with zero attached hydrogens (tertiary/aromatic N) is 2. The van der Waals surface area contributed by atoms with Gasteiger partial charge in [0.2, 0.25) is 0 Å². The van der Waals surface area contributed by atoms with Gasteiger partial charge >= 0.3 is 0 Å². The summed E-state index contributed by atoms with van der Waals surface area (Å²) in [6, 6.07) is 96.8. The standard InChI is InChI=1S/C64H44N2/c1-6-16-45(17-7-1)47-28-34-56(35-29-47)65(57-36-30-48(31-37-57)46-18-8-2-9-19-46)58-38-40-60-54(43-58)27-26-53-42-51(32-39-59(53)60)52-33-41-62-61(44-52)63(49-20-10-3-11-21-49)64(50-22-12-4-13-23-50)66(62)55-24-14-5-15-25-55/h1-44H. The summed E-state index contributed by atoms with van der Waals surface area (Å²) in [6.07, 6.45) is 0. The van der Waals surface area contributed by atoms with Gasteiger partial charge in [-0.25, -0.2) is 0 Å². The Kier molecular flexibility index (Phi) is 9.89. The van der Waals surface area contributed by atoms with Gasteiger partial charge in [-0.3, -0.25) is 0 Å². The molecule has 12 aromatic rings. The molecule has 2 nitrogen and oxygen atoms in total. The van der Waals surface area contributed by atoms with Crippen LogP contribution in [0.4, 0.5) is 17.1 Å². The summed E-state index contributed by atoms with van der Waals surface area (Å²) in [7, 11) is 0. The largest absolute Gasteiger partial charge is 0.310 e. The number of hydrogen-bond acceptors (Lipinski definition) is 1. The third kappa shape index (κ3) is 7.12. The molecule has 0 amide bonds. The van der Waals surface area contributed by atoms with Crippen molar-refractivity contribution in [1.29, 1.82) is 0 Å². The Balaban J connectivity index is 0.950. The zero-order chi connectivity index (χ0) is 43.8. The van der Waals surface area contributed by atoms with Crippen LogP contribution in [0.3, 0.4) is 0 Å². The van der Waals surface area contributed by atoms with Crippen molar-refractivity contribution in [2.24, 2.45) is 0 Å². The zero-order valence-electron chi connectivity index (χ0n) is 36.3. The molecule has 0 aliphatic rings. The van der Waals surface area contributed by atoms with Crippen LogP contribution in [0.15, 0.2) is 267 Å². The number of para-hydroxylation sites is 1. The minimum atomic E-state index is 1.11. The first-order valence-electron chi connectivity index (χ1n) is 22.7. The summed E-state index contributed by atoms with van der Waals surface area (Å²) in [5.41, 5.74) is 17.6. The molecule has 0 aliphatic carbocycles. The SMILES string of the molecule is c1ccc(-c2ccc(N(c3ccc(-c4ccccc4)cc3)c3ccc4c(ccc5cc(-c6ccc7c(c6)c(-c6ccccc6)c(-c6ccccc6)n7-c6ccccc6)ccc54)c3)cc2)cc1. The second-order valence-electron chi connectivity index (χ2n) is 16.9. The first-order valence-corrected chi connectivity index (χ1v) is 22.7. The minimum absolute atomic E-state index is 1.11. The van der Waals surface area contributed by atoms with Crippen LogP contribution >= 0.6 is 0 Å². The van der Waals surface area contributed by atoms with Gasteiger partial charge in [0.05, 0.1) is 11.2 Å². The van der Waals surface area contributed by atoms with E-state index in [1.54, 1.807) is 0 Å². The Hall–Kier alpha value is -8.72. The van der Waals surface area contributed by atoms with Gasteiger partial charge in [0.25, 0.3) is 0 Å². The molecule has 66 heavy (non-hydrogen) atoms. The summed E-state index contributed by atoms with van der Waals surface area (Å²) in [5, 5.41) is 6.11. The quantitative estimate of drug-likeness (QED) is 0.131. The topological polar surface area (TPSA) is 8.17 Å². The highest BCUT2D eigenvalue weighted by atomic mass is 15.1. The molecule has 1 heterocycles. The highest BCUT2D eigenvalue weighted by Crippen LogP contribution is 2.45. The molecule has 0 saturated carbocycles. The van der Waals surface area contributed by atoms with Crippen LogP contribution in [-0.4, -0.2) is 4.57 Å². The highest BCUT2D eigenvalue weighted by Gasteiger charge is 2.22. The fraction of sp³-hybridized carbons (Fsp3) is 0. The van der Waals surface area contributed by atoms with E-state index in [0.29, 0.717) is 0 Å². The van der Waals surface area contributed by atoms with Crippen LogP contribution in [0, 0.1) is 0 Å². The summed E-state index contributed by atoms with van der Waals surface area (Å²) < 4.78 is 2.43. The van der Waals surface area contributed by atoms with E-state index in [1.165, 1.54) is 88.2 Å². The summed E-state index contributed by atoms with van der Waals surface area (Å²) in [6.45, 7) is 0. The highest BCUT2D eigenvalue weighted by molar-refractivity contribution is 6.11. The van der Waals surface area contributed by atoms with Gasteiger partial charge < -0.3 is 9.47 Å². The Labute approximate surface area is 385 Å². The molecule has 2 heteroatoms. The Morgan fingerprint density at radius 1 is 0.258 bits per heavy atom. The van der Waals surface area contributed by atoms with Crippen LogP contribution < -0.4 is 4.90 Å². The van der Waals surface area contributed by atoms with Crippen LogP contribution in [0.2, 0.25) is 0 Å². The lowest BCUT2D eigenvalue weighted by atomic mass is 9.94. The Morgan fingerprint density at radius 2 is 0.667 bits per heavy atom. The predicted molar refractivity (Wildman–Crippen MR) is 280 cm³/mol. The van der Waals surface area contributed by atoms with Crippen molar-refractivity contribution in [3.8, 4) is 61.5 Å². The molecular weight excluding hydrogens is 797 g/mol. The Morgan fingerprint density at radius 3 is 1.23 bits per heavy atom. The van der Waals surface area contributed by atoms with Crippen LogP contribution in [0.1, 0.15) is 0 Å². The normalized spacial score (nSPS) is 11.3. The number of anilines is 3. The summed E-state index contributed by atoms with van der Waals surface area (Å²) in [5.74, 6) is 0. The van der Waals surface area contributed by atoms with Crippen molar-refractivity contribution >= 4 is 49.5 Å². The average molecular weight is 841 g/mol. The molecule has 0 radical (unpaired) electrons. The van der Waals surface area contributed by atoms with Crippen molar-refractivity contribution in [3.05, 3.63) is 267 Å². The van der Waals surface area contributed by atoms with Gasteiger partial charge in [0.15, 0.2) is 0 Å². The van der Waals surface area contributed by atoms with E-state index < -0.39 is 0 Å². The maximum absolute atomic E-state index is 2.43. The van der Waals surface area contributed by atoms with E-state index >= 15 is 0 Å². The third-order valence-electron chi connectivity index (χ3n) is 13.0. The molecule has 0 spiro atoms. The molecule has 310 valence electrons. The van der Waals surface area contributed by atoms with E-state index in [4.69, 9.17) is 0 Å². The summed E-state index contributed by atoms with van der Waals surface area (Å²) in [4.78, 5) is 2.37. The van der Waals surface area contributed by atoms with Crippen LogP contribution in [0.5, 0.6) is 0 Å². The molecule has 1 aromatic heterocycles. The molecule has 0 fully saturated rings. The average Bonchev–Trinajstić information content (AvgIpc) is 3.75. The molecule has 0 aliphatic heterocycles. The number of benzene rings is 11. The number of hydrogen-bond donors (Lipinski definition) is 0. The molecule has 12 rings (SSSR count). The minimum Gasteiger partial charge on any atom is -0.310 e. The lowest BCUT2D eigenvalue weighted by Gasteiger charge is -2.26. The second kappa shape index (κ2) is 16.8. The van der Waals surface area contributed by atoms with Crippen molar-refractivity contribution in [3.63, 3.8) is 0 Å². The molecule has 0 unspecified atom stereocenters. The third-order valence-corrected chi connectivity index (χ3v) is 13.0. The lowest BCUT2D eigenvalue weighted by molar-refractivity contribution is 1.13. The van der Waals surface area contributed by atoms with Crippen molar-refractivity contribution in [2.45, 2.75) is 0 Å². The van der Waals surface area contributed by atoms with Gasteiger partial charge in [0, 0.05) is 33.7 Å². The maximum Gasteiger partial charge on any atom is 0.0619 e. The van der Waals surface area contributed by atoms with E-state index in [9.17, 15) is 0 Å². The van der Waals surface area contributed by atoms with E-state index in [-0.39, 0.29) is 0 Å². The molecule has 11 aromatic carbocycles. The number of rotatable bonds is 9. The molecule has 0 N–H and O–H groups in total. The molecule has 0 saturated heterocycles. The van der Waals surface area contributed by atoms with Crippen LogP contribution in [-0.2, 0) is 0 Å². The van der Waals surface area contributed by atoms with Crippen LogP contribution in [0.25, 0.3) is 93.9 Å². The lowest BCUT2D eigenvalue weighted by Crippen LogP contribution is -2.09. The van der Waals surface area contributed by atoms with E-state index in [0.717, 1.165) is 22.7 Å². The van der Waals surface area contributed by atoms with Crippen molar-refractivity contribution < 1.29 is 0 Å². The fourth-order valence-corrected chi connectivity index (χ4v) is 9.77. The van der Waals surface area contributed by atoms with E-state index in [2.05, 4.69) is 276 Å². The smallest absolute Gasteiger partial charge is 0.0619 e. The van der Waals surface area contributed by atoms with Gasteiger partial charge in [-0.15, -0.1) is 0 Å². The predicted octanol–water partition coefficient (Wildman–Crippen LogP) is 17.7. The van der Waals surface area contributed by atoms with Gasteiger partial charge in [-0.2, -0.15) is 0 Å². The Bertz CT molecular complexity index is 3550. The monoisotopic (exact) mass is 840 g/mol. The molecule has 0 bridgehead atoms. The molecular formula is C64H44N2. The van der Waals surface area contributed by atoms with Gasteiger partial charge in [-0.1, -0.05) is 200 Å².